The van der Waals surface area contributed by atoms with E-state index in [1.165, 1.54) is 7.11 Å². The second-order valence-corrected chi connectivity index (χ2v) is 5.94. The predicted octanol–water partition coefficient (Wildman–Crippen LogP) is 1.62. The molecule has 0 aliphatic carbocycles. The summed E-state index contributed by atoms with van der Waals surface area (Å²) in [6.45, 7) is 1.63. The molecule has 0 saturated carbocycles. The van der Waals surface area contributed by atoms with Gasteiger partial charge in [0, 0.05) is 13.2 Å². The zero-order valence-corrected chi connectivity index (χ0v) is 14.8. The molecule has 2 N–H and O–H groups in total. The van der Waals surface area contributed by atoms with Gasteiger partial charge < -0.3 is 19.9 Å². The number of hydrogen-bond donors (Lipinski definition) is 2. The van der Waals surface area contributed by atoms with Crippen molar-refractivity contribution < 1.29 is 24.2 Å². The fraction of sp³-hybridized carbons (Fsp3) is 0.300. The summed E-state index contributed by atoms with van der Waals surface area (Å²) < 4.78 is 10.1. The van der Waals surface area contributed by atoms with E-state index in [1.807, 2.05) is 0 Å². The maximum Gasteiger partial charge on any atom is 0.348 e. The molecule has 2 aromatic rings. The lowest BCUT2D eigenvalue weighted by molar-refractivity contribution is -0.164. The second kappa shape index (κ2) is 9.12. The minimum Gasteiger partial charge on any atom is -0.453 e. The molecule has 0 aliphatic rings. The number of rotatable bonds is 8. The Hall–Kier alpha value is -2.70. The standard InChI is InChI=1S/C20H23NO5/c1-15(13-25-2)21-18(22)14-26-19(23)20(24,16-9-5-3-6-10-16)17-11-7-4-8-12-17/h3-12,15,24H,13-14H2,1-2H3,(H,21,22)/t15-/m1/s1. The molecule has 0 aliphatic heterocycles. The topological polar surface area (TPSA) is 84.9 Å². The van der Waals surface area contributed by atoms with Crippen molar-refractivity contribution in [3.05, 3.63) is 71.8 Å². The third-order valence-corrected chi connectivity index (χ3v) is 3.84. The van der Waals surface area contributed by atoms with Crippen LogP contribution >= 0.6 is 0 Å². The monoisotopic (exact) mass is 357 g/mol. The smallest absolute Gasteiger partial charge is 0.348 e. The SMILES string of the molecule is COC[C@@H](C)NC(=O)COC(=O)C(O)(c1ccccc1)c1ccccc1. The van der Waals surface area contributed by atoms with Crippen LogP contribution in [0.15, 0.2) is 60.7 Å². The van der Waals surface area contributed by atoms with Crippen LogP contribution in [0.3, 0.4) is 0 Å². The van der Waals surface area contributed by atoms with Crippen LogP contribution in [0.5, 0.6) is 0 Å². The van der Waals surface area contributed by atoms with E-state index in [0.29, 0.717) is 17.7 Å². The van der Waals surface area contributed by atoms with Gasteiger partial charge in [0.2, 0.25) is 5.60 Å². The lowest BCUT2D eigenvalue weighted by Gasteiger charge is -2.27. The molecule has 0 saturated heterocycles. The first-order chi connectivity index (χ1) is 12.5. The Bertz CT molecular complexity index is 678. The van der Waals surface area contributed by atoms with Crippen molar-refractivity contribution in [3.8, 4) is 0 Å². The highest BCUT2D eigenvalue weighted by Crippen LogP contribution is 2.30. The van der Waals surface area contributed by atoms with Gasteiger partial charge in [-0.2, -0.15) is 0 Å². The van der Waals surface area contributed by atoms with Crippen molar-refractivity contribution in [1.82, 2.24) is 5.32 Å². The molecule has 0 aromatic heterocycles. The highest BCUT2D eigenvalue weighted by molar-refractivity contribution is 5.88. The van der Waals surface area contributed by atoms with E-state index in [1.54, 1.807) is 67.6 Å². The summed E-state index contributed by atoms with van der Waals surface area (Å²) in [4.78, 5) is 24.6. The first-order valence-corrected chi connectivity index (χ1v) is 8.27. The molecule has 138 valence electrons. The molecule has 0 heterocycles. The molecule has 0 spiro atoms. The summed E-state index contributed by atoms with van der Waals surface area (Å²) in [5.74, 6) is -1.38. The van der Waals surface area contributed by atoms with Crippen molar-refractivity contribution in [3.63, 3.8) is 0 Å². The van der Waals surface area contributed by atoms with Crippen LogP contribution in [0, 0.1) is 0 Å². The van der Waals surface area contributed by atoms with Crippen LogP contribution in [0.25, 0.3) is 0 Å². The molecule has 0 fully saturated rings. The average Bonchev–Trinajstić information content (AvgIpc) is 2.67. The summed E-state index contributed by atoms with van der Waals surface area (Å²) in [5, 5.41) is 13.8. The van der Waals surface area contributed by atoms with E-state index in [4.69, 9.17) is 9.47 Å². The van der Waals surface area contributed by atoms with E-state index in [2.05, 4.69) is 5.32 Å². The third kappa shape index (κ3) is 4.68. The summed E-state index contributed by atoms with van der Waals surface area (Å²) in [5.41, 5.74) is -1.27. The van der Waals surface area contributed by atoms with Gasteiger partial charge in [-0.05, 0) is 18.1 Å². The lowest BCUT2D eigenvalue weighted by atomic mass is 9.86. The number of benzene rings is 2. The van der Waals surface area contributed by atoms with Gasteiger partial charge in [-0.3, -0.25) is 4.79 Å². The van der Waals surface area contributed by atoms with Crippen molar-refractivity contribution in [2.45, 2.75) is 18.6 Å². The van der Waals surface area contributed by atoms with Crippen molar-refractivity contribution in [2.24, 2.45) is 0 Å². The molecule has 6 heteroatoms. The number of nitrogens with one attached hydrogen (secondary N) is 1. The molecule has 2 aromatic carbocycles. The van der Waals surface area contributed by atoms with Crippen LogP contribution in [-0.2, 0) is 24.7 Å². The van der Waals surface area contributed by atoms with Gasteiger partial charge in [0.15, 0.2) is 6.61 Å². The Balaban J connectivity index is 2.16. The Morgan fingerprint density at radius 2 is 1.54 bits per heavy atom. The quantitative estimate of drug-likeness (QED) is 0.701. The lowest BCUT2D eigenvalue weighted by Crippen LogP contribution is -2.42. The van der Waals surface area contributed by atoms with Gasteiger partial charge >= 0.3 is 5.97 Å². The van der Waals surface area contributed by atoms with Crippen molar-refractivity contribution in [1.29, 1.82) is 0 Å². The number of carbonyl (C=O) groups is 2. The Kier molecular flexibility index (Phi) is 6.89. The average molecular weight is 357 g/mol. The minimum atomic E-state index is -2.00. The van der Waals surface area contributed by atoms with Crippen LogP contribution in [0.2, 0.25) is 0 Å². The first-order valence-electron chi connectivity index (χ1n) is 8.27. The van der Waals surface area contributed by atoms with Gasteiger partial charge in [-0.15, -0.1) is 0 Å². The molecule has 6 nitrogen and oxygen atoms in total. The van der Waals surface area contributed by atoms with Crippen LogP contribution in [0.1, 0.15) is 18.1 Å². The van der Waals surface area contributed by atoms with E-state index < -0.39 is 24.1 Å². The molecule has 0 unspecified atom stereocenters. The summed E-state index contributed by atoms with van der Waals surface area (Å²) in [6.07, 6.45) is 0. The summed E-state index contributed by atoms with van der Waals surface area (Å²) >= 11 is 0. The summed E-state index contributed by atoms with van der Waals surface area (Å²) in [7, 11) is 1.53. The molecular formula is C20H23NO5. The van der Waals surface area contributed by atoms with Gasteiger partial charge in [0.1, 0.15) is 0 Å². The number of aliphatic hydroxyl groups is 1. The number of esters is 1. The Morgan fingerprint density at radius 1 is 1.04 bits per heavy atom. The minimum absolute atomic E-state index is 0.215. The predicted molar refractivity (Wildman–Crippen MR) is 96.3 cm³/mol. The molecule has 1 atom stereocenters. The van der Waals surface area contributed by atoms with Crippen LogP contribution in [-0.4, -0.2) is 43.3 Å². The molecule has 1 amide bonds. The van der Waals surface area contributed by atoms with Crippen molar-refractivity contribution >= 4 is 11.9 Å². The third-order valence-electron chi connectivity index (χ3n) is 3.84. The highest BCUT2D eigenvalue weighted by Gasteiger charge is 2.41. The van der Waals surface area contributed by atoms with Gasteiger partial charge in [0.25, 0.3) is 5.91 Å². The maximum absolute atomic E-state index is 12.7. The Labute approximate surface area is 152 Å². The first kappa shape index (κ1) is 19.6. The summed E-state index contributed by atoms with van der Waals surface area (Å²) in [6, 6.07) is 16.8. The van der Waals surface area contributed by atoms with E-state index >= 15 is 0 Å². The number of carbonyl (C=O) groups excluding carboxylic acids is 2. The van der Waals surface area contributed by atoms with E-state index in [-0.39, 0.29) is 6.04 Å². The zero-order valence-electron chi connectivity index (χ0n) is 14.8. The zero-order chi connectivity index (χ0) is 19.0. The van der Waals surface area contributed by atoms with E-state index in [0.717, 1.165) is 0 Å². The van der Waals surface area contributed by atoms with E-state index in [9.17, 15) is 14.7 Å². The Morgan fingerprint density at radius 3 is 2.00 bits per heavy atom. The number of ether oxygens (including phenoxy) is 2. The second-order valence-electron chi connectivity index (χ2n) is 5.94. The largest absolute Gasteiger partial charge is 0.453 e. The molecule has 26 heavy (non-hydrogen) atoms. The highest BCUT2D eigenvalue weighted by atomic mass is 16.6. The fourth-order valence-electron chi connectivity index (χ4n) is 2.60. The molecule has 0 bridgehead atoms. The number of hydrogen-bond acceptors (Lipinski definition) is 5. The molecule has 0 radical (unpaired) electrons. The normalized spacial score (nSPS) is 12.3. The van der Waals surface area contributed by atoms with Gasteiger partial charge in [-0.25, -0.2) is 4.79 Å². The number of amides is 1. The van der Waals surface area contributed by atoms with Crippen LogP contribution < -0.4 is 5.32 Å². The van der Waals surface area contributed by atoms with Gasteiger partial charge in [0.05, 0.1) is 6.61 Å². The van der Waals surface area contributed by atoms with Crippen LogP contribution in [0.4, 0.5) is 0 Å². The number of methoxy groups -OCH3 is 1. The fourth-order valence-corrected chi connectivity index (χ4v) is 2.60. The van der Waals surface area contributed by atoms with Crippen molar-refractivity contribution in [2.75, 3.05) is 20.3 Å². The molecular weight excluding hydrogens is 334 g/mol. The maximum atomic E-state index is 12.7. The molecule has 2 rings (SSSR count). The van der Waals surface area contributed by atoms with Gasteiger partial charge in [-0.1, -0.05) is 60.7 Å².